The van der Waals surface area contributed by atoms with E-state index in [9.17, 15) is 4.79 Å². The van der Waals surface area contributed by atoms with Crippen molar-refractivity contribution in [2.24, 2.45) is 17.8 Å². The van der Waals surface area contributed by atoms with Crippen LogP contribution in [0.2, 0.25) is 0 Å². The Kier molecular flexibility index (Phi) is 6.95. The van der Waals surface area contributed by atoms with E-state index in [0.717, 1.165) is 37.8 Å². The number of nitrogens with two attached hydrogens (primary N) is 1. The van der Waals surface area contributed by atoms with Crippen LogP contribution in [0.15, 0.2) is 40.4 Å². The summed E-state index contributed by atoms with van der Waals surface area (Å²) in [6.07, 6.45) is 3.49. The fourth-order valence-corrected chi connectivity index (χ4v) is 2.76. The number of pyridine rings is 1. The van der Waals surface area contributed by atoms with Crippen molar-refractivity contribution in [3.63, 3.8) is 0 Å². The molecule has 2 aromatic heterocycles. The molecule has 3 rings (SSSR count). The second-order valence-corrected chi connectivity index (χ2v) is 6.06. The predicted octanol–water partition coefficient (Wildman–Crippen LogP) is 0.739. The van der Waals surface area contributed by atoms with E-state index in [2.05, 4.69) is 19.9 Å². The second kappa shape index (κ2) is 8.97. The van der Waals surface area contributed by atoms with Gasteiger partial charge in [-0.3, -0.25) is 4.79 Å². The summed E-state index contributed by atoms with van der Waals surface area (Å²) in [5.41, 5.74) is 7.66. The van der Waals surface area contributed by atoms with Crippen LogP contribution in [0, 0.1) is 6.92 Å². The van der Waals surface area contributed by atoms with Gasteiger partial charge in [0.2, 0.25) is 5.95 Å². The lowest BCUT2D eigenvalue weighted by Crippen LogP contribution is -2.51. The largest absolute Gasteiger partial charge is 0.370 e. The molecule has 0 aliphatic carbocycles. The first-order valence-corrected chi connectivity index (χ1v) is 8.28. The SMILES string of the molecule is Cc1ccc(CN=C(N)N2CCN(c3ncccn3)CC2)c(=O)n1C.I. The Morgan fingerprint density at radius 1 is 1.19 bits per heavy atom. The van der Waals surface area contributed by atoms with Crippen LogP contribution in [0.1, 0.15) is 11.3 Å². The third kappa shape index (κ3) is 4.51. The van der Waals surface area contributed by atoms with E-state index in [1.54, 1.807) is 30.1 Å². The fourth-order valence-electron chi connectivity index (χ4n) is 2.76. The quantitative estimate of drug-likeness (QED) is 0.405. The van der Waals surface area contributed by atoms with E-state index in [1.807, 2.05) is 24.0 Å². The van der Waals surface area contributed by atoms with Crippen LogP contribution < -0.4 is 16.2 Å². The Bertz CT molecular complexity index is 814. The number of nitrogens with zero attached hydrogens (tertiary/aromatic N) is 6. The van der Waals surface area contributed by atoms with Crippen LogP contribution in [-0.4, -0.2) is 51.6 Å². The van der Waals surface area contributed by atoms with Gasteiger partial charge < -0.3 is 20.1 Å². The monoisotopic (exact) mass is 469 g/mol. The third-order valence-corrected chi connectivity index (χ3v) is 4.48. The molecule has 0 aromatic carbocycles. The molecular weight excluding hydrogens is 445 g/mol. The maximum Gasteiger partial charge on any atom is 0.255 e. The molecule has 26 heavy (non-hydrogen) atoms. The molecule has 0 spiro atoms. The first-order chi connectivity index (χ1) is 12.1. The van der Waals surface area contributed by atoms with E-state index >= 15 is 0 Å². The molecule has 0 bridgehead atoms. The number of halogens is 1. The second-order valence-electron chi connectivity index (χ2n) is 6.06. The molecule has 0 radical (unpaired) electrons. The number of hydrogen-bond donors (Lipinski definition) is 1. The highest BCUT2D eigenvalue weighted by atomic mass is 127. The van der Waals surface area contributed by atoms with E-state index in [0.29, 0.717) is 18.1 Å². The van der Waals surface area contributed by atoms with Gasteiger partial charge in [0.1, 0.15) is 0 Å². The molecule has 1 fully saturated rings. The van der Waals surface area contributed by atoms with Crippen molar-refractivity contribution in [3.05, 3.63) is 52.2 Å². The molecule has 2 aromatic rings. The number of guanidine groups is 1. The summed E-state index contributed by atoms with van der Waals surface area (Å²) < 4.78 is 1.62. The Labute approximate surface area is 169 Å². The van der Waals surface area contributed by atoms with Crippen LogP contribution in [0.4, 0.5) is 5.95 Å². The lowest BCUT2D eigenvalue weighted by atomic mass is 10.2. The van der Waals surface area contributed by atoms with Gasteiger partial charge in [-0.05, 0) is 25.1 Å². The number of rotatable bonds is 3. The molecule has 8 nitrogen and oxygen atoms in total. The van der Waals surface area contributed by atoms with E-state index in [1.165, 1.54) is 0 Å². The average Bonchev–Trinajstić information content (AvgIpc) is 2.66. The Balaban J connectivity index is 0.00000243. The molecule has 1 aliphatic heterocycles. The summed E-state index contributed by atoms with van der Waals surface area (Å²) in [7, 11) is 1.76. The third-order valence-electron chi connectivity index (χ3n) is 4.48. The van der Waals surface area contributed by atoms with Crippen molar-refractivity contribution < 1.29 is 0 Å². The fraction of sp³-hybridized carbons (Fsp3) is 0.412. The first-order valence-electron chi connectivity index (χ1n) is 8.28. The normalized spacial score (nSPS) is 14.9. The van der Waals surface area contributed by atoms with Crippen molar-refractivity contribution in [3.8, 4) is 0 Å². The van der Waals surface area contributed by atoms with Gasteiger partial charge in [0, 0.05) is 56.9 Å². The maximum absolute atomic E-state index is 12.2. The minimum Gasteiger partial charge on any atom is -0.370 e. The highest BCUT2D eigenvalue weighted by molar-refractivity contribution is 14.0. The molecule has 140 valence electrons. The molecule has 0 unspecified atom stereocenters. The number of aliphatic imine (C=N–C) groups is 1. The lowest BCUT2D eigenvalue weighted by Gasteiger charge is -2.35. The van der Waals surface area contributed by atoms with Gasteiger partial charge in [-0.1, -0.05) is 0 Å². The minimum atomic E-state index is -0.0254. The zero-order valence-corrected chi connectivity index (χ0v) is 17.3. The highest BCUT2D eigenvalue weighted by Gasteiger charge is 2.19. The van der Waals surface area contributed by atoms with Gasteiger partial charge in [-0.15, -0.1) is 24.0 Å². The van der Waals surface area contributed by atoms with Gasteiger partial charge in [0.05, 0.1) is 6.54 Å². The van der Waals surface area contributed by atoms with Crippen molar-refractivity contribution in [2.45, 2.75) is 13.5 Å². The zero-order valence-electron chi connectivity index (χ0n) is 15.0. The van der Waals surface area contributed by atoms with Gasteiger partial charge in [-0.2, -0.15) is 0 Å². The Morgan fingerprint density at radius 2 is 1.85 bits per heavy atom. The Morgan fingerprint density at radius 3 is 2.50 bits per heavy atom. The molecule has 1 aliphatic rings. The van der Waals surface area contributed by atoms with Crippen LogP contribution in [-0.2, 0) is 13.6 Å². The molecule has 1 saturated heterocycles. The van der Waals surface area contributed by atoms with Crippen LogP contribution in [0.25, 0.3) is 0 Å². The lowest BCUT2D eigenvalue weighted by molar-refractivity contribution is 0.378. The minimum absolute atomic E-state index is 0. The molecular formula is C17H24IN7O. The van der Waals surface area contributed by atoms with Gasteiger partial charge >= 0.3 is 0 Å². The van der Waals surface area contributed by atoms with E-state index < -0.39 is 0 Å². The summed E-state index contributed by atoms with van der Waals surface area (Å²) in [5.74, 6) is 1.21. The molecule has 0 atom stereocenters. The summed E-state index contributed by atoms with van der Waals surface area (Å²) in [6.45, 7) is 5.26. The number of piperazine rings is 1. The standard InChI is InChI=1S/C17H23N7O.HI/c1-13-4-5-14(15(25)22(13)2)12-21-16(18)23-8-10-24(11-9-23)17-19-6-3-7-20-17;/h3-7H,8-12H2,1-2H3,(H2,18,21);1H. The first kappa shape index (κ1) is 20.1. The number of aromatic nitrogens is 3. The molecule has 3 heterocycles. The van der Waals surface area contributed by atoms with Crippen LogP contribution in [0.3, 0.4) is 0 Å². The van der Waals surface area contributed by atoms with Gasteiger partial charge in [0.15, 0.2) is 5.96 Å². The summed E-state index contributed by atoms with van der Waals surface area (Å²) in [4.78, 5) is 29.3. The molecule has 0 saturated carbocycles. The van der Waals surface area contributed by atoms with Gasteiger partial charge in [0.25, 0.3) is 5.56 Å². The average molecular weight is 469 g/mol. The highest BCUT2D eigenvalue weighted by Crippen LogP contribution is 2.09. The summed E-state index contributed by atoms with van der Waals surface area (Å²) in [6, 6.07) is 5.54. The van der Waals surface area contributed by atoms with Crippen molar-refractivity contribution >= 4 is 35.9 Å². The summed E-state index contributed by atoms with van der Waals surface area (Å²) >= 11 is 0. The van der Waals surface area contributed by atoms with E-state index in [-0.39, 0.29) is 29.5 Å². The van der Waals surface area contributed by atoms with Crippen molar-refractivity contribution in [1.29, 1.82) is 0 Å². The summed E-state index contributed by atoms with van der Waals surface area (Å²) in [5, 5.41) is 0. The maximum atomic E-state index is 12.2. The number of anilines is 1. The van der Waals surface area contributed by atoms with E-state index in [4.69, 9.17) is 5.73 Å². The van der Waals surface area contributed by atoms with Crippen LogP contribution in [0.5, 0.6) is 0 Å². The van der Waals surface area contributed by atoms with Gasteiger partial charge in [-0.25, -0.2) is 15.0 Å². The topological polar surface area (TPSA) is 92.6 Å². The molecule has 2 N–H and O–H groups in total. The smallest absolute Gasteiger partial charge is 0.255 e. The number of hydrogen-bond acceptors (Lipinski definition) is 5. The van der Waals surface area contributed by atoms with Crippen LogP contribution >= 0.6 is 24.0 Å². The number of aryl methyl sites for hydroxylation is 1. The van der Waals surface area contributed by atoms with Crippen molar-refractivity contribution in [2.75, 3.05) is 31.1 Å². The molecule has 9 heteroatoms. The predicted molar refractivity (Wildman–Crippen MR) is 113 cm³/mol. The zero-order chi connectivity index (χ0) is 17.8. The van der Waals surface area contributed by atoms with Crippen molar-refractivity contribution in [1.82, 2.24) is 19.4 Å². The molecule has 0 amide bonds. The Hall–Kier alpha value is -2.17.